The van der Waals surface area contributed by atoms with Gasteiger partial charge in [-0.15, -0.1) is 0 Å². The molecule has 0 unspecified atom stereocenters. The van der Waals surface area contributed by atoms with Gasteiger partial charge in [0, 0.05) is 37.1 Å². The Hall–Kier alpha value is -2.53. The van der Waals surface area contributed by atoms with E-state index in [1.807, 2.05) is 0 Å². The second kappa shape index (κ2) is 19.6. The Balaban J connectivity index is 1.40. The summed E-state index contributed by atoms with van der Waals surface area (Å²) in [6.45, 7) is 10.6. The Morgan fingerprint density at radius 1 is 0.796 bits per heavy atom. The predicted octanol–water partition coefficient (Wildman–Crippen LogP) is 6.37. The highest BCUT2D eigenvalue weighted by molar-refractivity contribution is 5.70. The van der Waals surface area contributed by atoms with E-state index in [2.05, 4.69) is 63.1 Å². The molecule has 10 nitrogen and oxygen atoms in total. The molecule has 5 rings (SSSR count). The van der Waals surface area contributed by atoms with Gasteiger partial charge >= 0.3 is 17.9 Å². The van der Waals surface area contributed by atoms with Crippen LogP contribution in [0.3, 0.4) is 0 Å². The third-order valence-corrected chi connectivity index (χ3v) is 14.5. The van der Waals surface area contributed by atoms with E-state index < -0.39 is 0 Å². The van der Waals surface area contributed by atoms with Crippen LogP contribution in [-0.4, -0.2) is 74.3 Å². The van der Waals surface area contributed by atoms with Gasteiger partial charge in [0.25, 0.3) is 0 Å². The van der Waals surface area contributed by atoms with Crippen molar-refractivity contribution >= 4 is 17.9 Å². The van der Waals surface area contributed by atoms with Crippen molar-refractivity contribution in [3.05, 3.63) is 35.9 Å². The van der Waals surface area contributed by atoms with Gasteiger partial charge in [-0.25, -0.2) is 0 Å². The predicted molar refractivity (Wildman–Crippen MR) is 212 cm³/mol. The van der Waals surface area contributed by atoms with Crippen LogP contribution in [0.25, 0.3) is 0 Å². The van der Waals surface area contributed by atoms with E-state index in [-0.39, 0.29) is 70.7 Å². The topological polar surface area (TPSA) is 160 Å². The van der Waals surface area contributed by atoms with Crippen molar-refractivity contribution < 1.29 is 28.6 Å². The fraction of sp³-hybridized carbons (Fsp3) is 0.795. The molecule has 4 aliphatic rings. The van der Waals surface area contributed by atoms with Crippen molar-refractivity contribution in [2.75, 3.05) is 33.2 Å². The summed E-state index contributed by atoms with van der Waals surface area (Å²) in [5.41, 5.74) is 18.3. The number of nitrogens with two attached hydrogens (primary N) is 3. The van der Waals surface area contributed by atoms with Crippen LogP contribution in [0.2, 0.25) is 0 Å². The van der Waals surface area contributed by atoms with Crippen LogP contribution < -0.4 is 17.2 Å². The Morgan fingerprint density at radius 3 is 2.07 bits per heavy atom. The summed E-state index contributed by atoms with van der Waals surface area (Å²) in [4.78, 5) is 42.0. The number of esters is 3. The van der Waals surface area contributed by atoms with E-state index in [9.17, 15) is 14.4 Å². The molecule has 10 heteroatoms. The first-order valence-corrected chi connectivity index (χ1v) is 21.4. The average molecular weight is 753 g/mol. The normalized spacial score (nSPS) is 33.6. The van der Waals surface area contributed by atoms with E-state index in [1.165, 1.54) is 5.56 Å². The van der Waals surface area contributed by atoms with Crippen molar-refractivity contribution in [2.24, 2.45) is 63.5 Å². The molecule has 0 heterocycles. The fourth-order valence-corrected chi connectivity index (χ4v) is 11.8. The Kier molecular flexibility index (Phi) is 15.4. The van der Waals surface area contributed by atoms with Crippen molar-refractivity contribution in [3.8, 4) is 0 Å². The molecule has 304 valence electrons. The highest BCUT2D eigenvalue weighted by Gasteiger charge is 2.67. The Morgan fingerprint density at radius 2 is 1.43 bits per heavy atom. The number of hydrogen-bond acceptors (Lipinski definition) is 10. The molecule has 6 N–H and O–H groups in total. The number of nitrogens with zero attached hydrogens (tertiary/aromatic N) is 1. The number of carbonyl (C=O) groups excluding carboxylic acids is 3. The van der Waals surface area contributed by atoms with Crippen molar-refractivity contribution in [1.82, 2.24) is 4.90 Å². The molecule has 0 aromatic heterocycles. The number of fused-ring (bicyclic) bond motifs is 5. The molecule has 0 saturated heterocycles. The smallest absolute Gasteiger partial charge is 0.306 e. The van der Waals surface area contributed by atoms with E-state index in [0.29, 0.717) is 70.0 Å². The molecule has 4 saturated carbocycles. The molecule has 4 fully saturated rings. The molecule has 0 aliphatic heterocycles. The third-order valence-electron chi connectivity index (χ3n) is 14.5. The summed E-state index contributed by atoms with van der Waals surface area (Å²) in [5.74, 6) is 1.19. The number of rotatable bonds is 19. The van der Waals surface area contributed by atoms with E-state index in [0.717, 1.165) is 70.9 Å². The van der Waals surface area contributed by atoms with Crippen LogP contribution in [0.4, 0.5) is 0 Å². The standard InChI is InChI=1S/C44H72N4O6/c1-30(12-11-25-48(4)29-31-13-6-5-7-14-31)34-18-19-35-42-36(28-38(44(34,35)3)54-41(51)17-10-24-47)43(2)21-20-33(52-39(49)15-8-22-45)26-32(43)27-37(42)53-40(50)16-9-23-46/h5-7,13-14,30,32-38,42H,8-12,15-29,45-47H2,1-4H3/t30-,32+,33-,34-,35+,36+,37-,38+,42+,43+,44-/m1/s1. The lowest BCUT2D eigenvalue weighted by molar-refractivity contribution is -0.226. The van der Waals surface area contributed by atoms with E-state index >= 15 is 0 Å². The lowest BCUT2D eigenvalue weighted by Crippen LogP contribution is -2.63. The average Bonchev–Trinajstić information content (AvgIpc) is 3.51. The van der Waals surface area contributed by atoms with E-state index in [4.69, 9.17) is 31.4 Å². The summed E-state index contributed by atoms with van der Waals surface area (Å²) in [6, 6.07) is 10.6. The summed E-state index contributed by atoms with van der Waals surface area (Å²) < 4.78 is 19.2. The van der Waals surface area contributed by atoms with Gasteiger partial charge in [0.2, 0.25) is 0 Å². The van der Waals surface area contributed by atoms with E-state index in [1.54, 1.807) is 0 Å². The zero-order valence-corrected chi connectivity index (χ0v) is 33.9. The van der Waals surface area contributed by atoms with Crippen molar-refractivity contribution in [3.63, 3.8) is 0 Å². The summed E-state index contributed by atoms with van der Waals surface area (Å²) in [5, 5.41) is 0. The van der Waals surface area contributed by atoms with Crippen LogP contribution in [-0.2, 0) is 35.1 Å². The first-order valence-electron chi connectivity index (χ1n) is 21.4. The lowest BCUT2D eigenvalue weighted by Gasteiger charge is -2.64. The molecule has 0 spiro atoms. The maximum absolute atomic E-state index is 13.5. The highest BCUT2D eigenvalue weighted by Crippen LogP contribution is 2.69. The van der Waals surface area contributed by atoms with Crippen LogP contribution >= 0.6 is 0 Å². The van der Waals surface area contributed by atoms with Crippen LogP contribution in [0.1, 0.15) is 123 Å². The lowest BCUT2D eigenvalue weighted by atomic mass is 9.43. The maximum Gasteiger partial charge on any atom is 0.306 e. The zero-order chi connectivity index (χ0) is 38.9. The first kappa shape index (κ1) is 42.6. The second-order valence-corrected chi connectivity index (χ2v) is 17.9. The van der Waals surface area contributed by atoms with Crippen LogP contribution in [0.5, 0.6) is 0 Å². The first-order chi connectivity index (χ1) is 25.9. The number of carbonyl (C=O) groups is 3. The molecular formula is C44H72N4O6. The molecule has 4 aliphatic carbocycles. The Labute approximate surface area is 325 Å². The minimum atomic E-state index is -0.240. The largest absolute Gasteiger partial charge is 0.462 e. The minimum absolute atomic E-state index is 0.0543. The zero-order valence-electron chi connectivity index (χ0n) is 33.9. The Bertz CT molecular complexity index is 1360. The third kappa shape index (κ3) is 9.88. The summed E-state index contributed by atoms with van der Waals surface area (Å²) >= 11 is 0. The number of benzene rings is 1. The summed E-state index contributed by atoms with van der Waals surface area (Å²) in [7, 11) is 2.20. The monoisotopic (exact) mass is 753 g/mol. The van der Waals surface area contributed by atoms with Gasteiger partial charge in [0.15, 0.2) is 0 Å². The van der Waals surface area contributed by atoms with Gasteiger partial charge < -0.3 is 36.3 Å². The van der Waals surface area contributed by atoms with Gasteiger partial charge in [-0.3, -0.25) is 14.4 Å². The molecule has 1 aromatic carbocycles. The van der Waals surface area contributed by atoms with Gasteiger partial charge in [0.1, 0.15) is 18.3 Å². The highest BCUT2D eigenvalue weighted by atomic mass is 16.6. The quantitative estimate of drug-likeness (QED) is 0.107. The van der Waals surface area contributed by atoms with Crippen LogP contribution in [0, 0.1) is 46.3 Å². The molecule has 54 heavy (non-hydrogen) atoms. The maximum atomic E-state index is 13.5. The molecule has 1 aromatic rings. The van der Waals surface area contributed by atoms with Gasteiger partial charge in [0.05, 0.1) is 0 Å². The van der Waals surface area contributed by atoms with Gasteiger partial charge in [-0.2, -0.15) is 0 Å². The molecular weight excluding hydrogens is 681 g/mol. The molecule has 0 bridgehead atoms. The molecule has 11 atom stereocenters. The fourth-order valence-electron chi connectivity index (χ4n) is 11.8. The van der Waals surface area contributed by atoms with Crippen molar-refractivity contribution in [1.29, 1.82) is 0 Å². The van der Waals surface area contributed by atoms with Crippen LogP contribution in [0.15, 0.2) is 30.3 Å². The van der Waals surface area contributed by atoms with Gasteiger partial charge in [-0.05, 0) is 151 Å². The van der Waals surface area contributed by atoms with Gasteiger partial charge in [-0.1, -0.05) is 51.1 Å². The SMILES string of the molecule is C[C@H](CCCN(C)Cc1ccccc1)[C@H]1CC[C@H]2[C@@H]3[C@H](OC(=O)CCCN)C[C@@H]4C[C@H](OC(=O)CCCN)CC[C@]4(C)[C@H]3C[C@H](OC(=O)CCCN)[C@]12C. The minimum Gasteiger partial charge on any atom is -0.462 e. The molecule has 0 amide bonds. The number of hydrogen-bond donors (Lipinski definition) is 3. The van der Waals surface area contributed by atoms with Crippen molar-refractivity contribution in [2.45, 2.75) is 142 Å². The summed E-state index contributed by atoms with van der Waals surface area (Å²) in [6.07, 6.45) is 10.6. The second-order valence-electron chi connectivity index (χ2n) is 17.9. The number of ether oxygens (including phenoxy) is 3. The molecule has 0 radical (unpaired) electrons.